The summed E-state index contributed by atoms with van der Waals surface area (Å²) < 4.78 is 51.5. The van der Waals surface area contributed by atoms with Gasteiger partial charge in [0.05, 0.1) is 5.56 Å². The third kappa shape index (κ3) is 3.51. The molecule has 0 saturated carbocycles. The standard InChI is InChI=1S/C15H10F4N2O2S/c1-2-5-21-13(23)9(12(22)20-14(21)24)6-8-3-4-11(16)10(7-8)15(17,18)19/h2-4,6-7H,1,5H2,(H,20,22,24). The van der Waals surface area contributed by atoms with Crippen molar-refractivity contribution in [3.8, 4) is 0 Å². The van der Waals surface area contributed by atoms with Gasteiger partial charge in [-0.15, -0.1) is 6.58 Å². The Morgan fingerprint density at radius 2 is 1.96 bits per heavy atom. The number of carbonyl (C=O) groups is 2. The lowest BCUT2D eigenvalue weighted by molar-refractivity contribution is -0.140. The number of hydrogen-bond donors (Lipinski definition) is 1. The molecule has 4 nitrogen and oxygen atoms in total. The Morgan fingerprint density at radius 3 is 2.54 bits per heavy atom. The summed E-state index contributed by atoms with van der Waals surface area (Å²) in [5.74, 6) is -3.07. The van der Waals surface area contributed by atoms with Gasteiger partial charge >= 0.3 is 6.18 Å². The number of nitrogens with one attached hydrogen (secondary N) is 1. The fourth-order valence-corrected chi connectivity index (χ4v) is 2.26. The maximum Gasteiger partial charge on any atom is 0.419 e. The van der Waals surface area contributed by atoms with Crippen molar-refractivity contribution >= 4 is 35.2 Å². The summed E-state index contributed by atoms with van der Waals surface area (Å²) in [6, 6.07) is 2.17. The van der Waals surface area contributed by atoms with E-state index in [1.54, 1.807) is 0 Å². The quantitative estimate of drug-likeness (QED) is 0.297. The number of thiocarbonyl (C=S) groups is 1. The predicted octanol–water partition coefficient (Wildman–Crippen LogP) is 2.66. The molecule has 1 saturated heterocycles. The molecule has 126 valence electrons. The van der Waals surface area contributed by atoms with Gasteiger partial charge in [0, 0.05) is 6.54 Å². The lowest BCUT2D eigenvalue weighted by Gasteiger charge is -2.27. The van der Waals surface area contributed by atoms with E-state index < -0.39 is 34.9 Å². The Hall–Kier alpha value is -2.55. The van der Waals surface area contributed by atoms with Crippen LogP contribution in [0.15, 0.2) is 36.4 Å². The average Bonchev–Trinajstić information content (AvgIpc) is 2.48. The van der Waals surface area contributed by atoms with Gasteiger partial charge in [-0.2, -0.15) is 13.2 Å². The van der Waals surface area contributed by atoms with Crippen LogP contribution in [0.3, 0.4) is 0 Å². The minimum absolute atomic E-state index is 0.0203. The van der Waals surface area contributed by atoms with E-state index in [-0.39, 0.29) is 17.2 Å². The molecule has 9 heteroatoms. The second-order valence-electron chi connectivity index (χ2n) is 4.76. The molecule has 1 aliphatic rings. The molecule has 0 unspecified atom stereocenters. The largest absolute Gasteiger partial charge is 0.419 e. The van der Waals surface area contributed by atoms with Gasteiger partial charge in [0.1, 0.15) is 11.4 Å². The van der Waals surface area contributed by atoms with Crippen LogP contribution in [0.4, 0.5) is 17.6 Å². The van der Waals surface area contributed by atoms with Gasteiger partial charge in [-0.25, -0.2) is 4.39 Å². The summed E-state index contributed by atoms with van der Waals surface area (Å²) in [7, 11) is 0. The highest BCUT2D eigenvalue weighted by Crippen LogP contribution is 2.32. The fraction of sp³-hybridized carbons (Fsp3) is 0.133. The molecule has 1 heterocycles. The monoisotopic (exact) mass is 358 g/mol. The third-order valence-electron chi connectivity index (χ3n) is 3.10. The molecule has 1 fully saturated rings. The zero-order valence-corrected chi connectivity index (χ0v) is 12.8. The Morgan fingerprint density at radius 1 is 1.29 bits per heavy atom. The van der Waals surface area contributed by atoms with Crippen LogP contribution in [0.2, 0.25) is 0 Å². The number of benzene rings is 1. The number of rotatable bonds is 3. The van der Waals surface area contributed by atoms with Crippen molar-refractivity contribution in [3.63, 3.8) is 0 Å². The van der Waals surface area contributed by atoms with E-state index in [2.05, 4.69) is 11.9 Å². The molecule has 0 atom stereocenters. The Labute approximate surface area is 139 Å². The van der Waals surface area contributed by atoms with Crippen molar-refractivity contribution < 1.29 is 27.2 Å². The van der Waals surface area contributed by atoms with E-state index in [4.69, 9.17) is 12.2 Å². The van der Waals surface area contributed by atoms with Gasteiger partial charge in [-0.3, -0.25) is 19.8 Å². The SMILES string of the molecule is C=CCN1C(=O)C(=Cc2ccc(F)c(C(F)(F)F)c2)C(=O)NC1=S. The number of hydrogen-bond acceptors (Lipinski definition) is 3. The van der Waals surface area contributed by atoms with Gasteiger partial charge < -0.3 is 0 Å². The first kappa shape index (κ1) is 17.8. The molecular formula is C15H10F4N2O2S. The topological polar surface area (TPSA) is 49.4 Å². The lowest BCUT2D eigenvalue weighted by Crippen LogP contribution is -2.53. The average molecular weight is 358 g/mol. The second-order valence-corrected chi connectivity index (χ2v) is 5.15. The molecule has 2 amide bonds. The van der Waals surface area contributed by atoms with Crippen LogP contribution in [0, 0.1) is 5.82 Å². The van der Waals surface area contributed by atoms with Gasteiger partial charge in [0.15, 0.2) is 5.11 Å². The third-order valence-corrected chi connectivity index (χ3v) is 3.43. The number of nitrogens with zero attached hydrogens (tertiary/aromatic N) is 1. The summed E-state index contributed by atoms with van der Waals surface area (Å²) >= 11 is 4.85. The van der Waals surface area contributed by atoms with Crippen molar-refractivity contribution in [2.24, 2.45) is 0 Å². The lowest BCUT2D eigenvalue weighted by atomic mass is 10.0. The maximum absolute atomic E-state index is 13.3. The molecular weight excluding hydrogens is 348 g/mol. The second kappa shape index (κ2) is 6.52. The van der Waals surface area contributed by atoms with E-state index in [9.17, 15) is 27.2 Å². The summed E-state index contributed by atoms with van der Waals surface area (Å²) in [5.41, 5.74) is -2.04. The zero-order valence-electron chi connectivity index (χ0n) is 12.0. The number of carbonyl (C=O) groups excluding carboxylic acids is 2. The maximum atomic E-state index is 13.3. The normalized spacial score (nSPS) is 17.2. The molecule has 0 radical (unpaired) electrons. The van der Waals surface area contributed by atoms with Gasteiger partial charge in [0.25, 0.3) is 11.8 Å². The molecule has 2 rings (SSSR count). The summed E-state index contributed by atoms with van der Waals surface area (Å²) in [6.07, 6.45) is -2.57. The Kier molecular flexibility index (Phi) is 4.83. The van der Waals surface area contributed by atoms with E-state index in [0.29, 0.717) is 12.1 Å². The first-order chi connectivity index (χ1) is 11.1. The molecule has 0 bridgehead atoms. The van der Waals surface area contributed by atoms with Gasteiger partial charge in [0.2, 0.25) is 0 Å². The fourth-order valence-electron chi connectivity index (χ4n) is 2.01. The number of alkyl halides is 3. The highest BCUT2D eigenvalue weighted by Gasteiger charge is 2.35. The molecule has 1 aliphatic heterocycles. The van der Waals surface area contributed by atoms with Crippen LogP contribution in [-0.4, -0.2) is 28.4 Å². The van der Waals surface area contributed by atoms with E-state index >= 15 is 0 Å². The number of amides is 2. The van der Waals surface area contributed by atoms with Crippen LogP contribution in [0.5, 0.6) is 0 Å². The molecule has 0 aliphatic carbocycles. The van der Waals surface area contributed by atoms with Gasteiger partial charge in [-0.1, -0.05) is 12.1 Å². The van der Waals surface area contributed by atoms with Crippen LogP contribution < -0.4 is 5.32 Å². The van der Waals surface area contributed by atoms with Crippen LogP contribution in [0.1, 0.15) is 11.1 Å². The smallest absolute Gasteiger partial charge is 0.298 e. The van der Waals surface area contributed by atoms with Crippen molar-refractivity contribution in [3.05, 3.63) is 53.4 Å². The van der Waals surface area contributed by atoms with Crippen molar-refractivity contribution in [2.75, 3.05) is 6.54 Å². The summed E-state index contributed by atoms with van der Waals surface area (Å²) in [6.45, 7) is 3.47. The van der Waals surface area contributed by atoms with Crippen molar-refractivity contribution in [1.82, 2.24) is 10.2 Å². The highest BCUT2D eigenvalue weighted by atomic mass is 32.1. The van der Waals surface area contributed by atoms with Gasteiger partial charge in [-0.05, 0) is 36.0 Å². The molecule has 24 heavy (non-hydrogen) atoms. The summed E-state index contributed by atoms with van der Waals surface area (Å²) in [4.78, 5) is 25.2. The Bertz CT molecular complexity index is 771. The summed E-state index contributed by atoms with van der Waals surface area (Å²) in [5, 5.41) is 2.13. The van der Waals surface area contributed by atoms with Crippen LogP contribution in [-0.2, 0) is 15.8 Å². The predicted molar refractivity (Wildman–Crippen MR) is 82.0 cm³/mol. The highest BCUT2D eigenvalue weighted by molar-refractivity contribution is 7.80. The molecule has 0 spiro atoms. The minimum atomic E-state index is -4.89. The minimum Gasteiger partial charge on any atom is -0.298 e. The zero-order chi connectivity index (χ0) is 18.1. The Balaban J connectivity index is 2.46. The number of halogens is 4. The van der Waals surface area contributed by atoms with Crippen LogP contribution in [0.25, 0.3) is 6.08 Å². The molecule has 1 N–H and O–H groups in total. The molecule has 0 aromatic heterocycles. The van der Waals surface area contributed by atoms with Crippen molar-refractivity contribution in [1.29, 1.82) is 0 Å². The van der Waals surface area contributed by atoms with E-state index in [1.807, 2.05) is 0 Å². The first-order valence-electron chi connectivity index (χ1n) is 6.51. The van der Waals surface area contributed by atoms with Crippen molar-refractivity contribution in [2.45, 2.75) is 6.18 Å². The van der Waals surface area contributed by atoms with E-state index in [1.165, 1.54) is 6.08 Å². The molecule has 1 aromatic rings. The van der Waals surface area contributed by atoms with Crippen LogP contribution >= 0.6 is 12.2 Å². The van der Waals surface area contributed by atoms with E-state index in [0.717, 1.165) is 17.0 Å². The molecule has 1 aromatic carbocycles. The first-order valence-corrected chi connectivity index (χ1v) is 6.92.